The molecule has 0 aromatic heterocycles. The molecule has 136 valence electrons. The zero-order valence-corrected chi connectivity index (χ0v) is 15.2. The molecule has 2 aromatic carbocycles. The minimum Gasteiger partial charge on any atom is -0.493 e. The summed E-state index contributed by atoms with van der Waals surface area (Å²) in [6.45, 7) is 1.91. The summed E-state index contributed by atoms with van der Waals surface area (Å²) < 4.78 is 5.51. The summed E-state index contributed by atoms with van der Waals surface area (Å²) in [5.41, 5.74) is 1.31. The van der Waals surface area contributed by atoms with E-state index in [-0.39, 0.29) is 24.8 Å². The Balaban J connectivity index is 1.46. The molecule has 0 aliphatic carbocycles. The average Bonchev–Trinajstić information content (AvgIpc) is 3.16. The Kier molecular flexibility index (Phi) is 6.12. The molecule has 0 radical (unpaired) electrons. The predicted octanol–water partition coefficient (Wildman–Crippen LogP) is 3.98. The van der Waals surface area contributed by atoms with E-state index in [1.54, 1.807) is 48.5 Å². The topological polar surface area (TPSA) is 58.6 Å². The molecule has 1 N–H and O–H groups in total. The molecule has 0 atom stereocenters. The van der Waals surface area contributed by atoms with Gasteiger partial charge in [0.15, 0.2) is 0 Å². The molecule has 6 heteroatoms. The maximum atomic E-state index is 12.3. The monoisotopic (exact) mass is 372 g/mol. The van der Waals surface area contributed by atoms with E-state index in [9.17, 15) is 9.59 Å². The van der Waals surface area contributed by atoms with Gasteiger partial charge in [0.25, 0.3) is 5.91 Å². The van der Waals surface area contributed by atoms with Gasteiger partial charge in [0.1, 0.15) is 5.75 Å². The summed E-state index contributed by atoms with van der Waals surface area (Å²) >= 11 is 5.88. The van der Waals surface area contributed by atoms with Crippen LogP contribution in [0.15, 0.2) is 48.5 Å². The van der Waals surface area contributed by atoms with Gasteiger partial charge >= 0.3 is 0 Å². The number of carbonyl (C=O) groups is 2. The molecule has 3 rings (SSSR count). The number of ether oxygens (including phenoxy) is 1. The highest BCUT2D eigenvalue weighted by atomic mass is 35.5. The van der Waals surface area contributed by atoms with Crippen molar-refractivity contribution in [1.29, 1.82) is 0 Å². The van der Waals surface area contributed by atoms with Crippen LogP contribution < -0.4 is 10.1 Å². The van der Waals surface area contributed by atoms with Gasteiger partial charge in [-0.25, -0.2) is 0 Å². The number of rotatable bonds is 6. The zero-order valence-electron chi connectivity index (χ0n) is 14.4. The fourth-order valence-electron chi connectivity index (χ4n) is 2.84. The minimum atomic E-state index is -0.148. The summed E-state index contributed by atoms with van der Waals surface area (Å²) in [5.74, 6) is 0.538. The van der Waals surface area contributed by atoms with Gasteiger partial charge in [-0.15, -0.1) is 0 Å². The summed E-state index contributed by atoms with van der Waals surface area (Å²) in [5, 5.41) is 3.40. The van der Waals surface area contributed by atoms with Gasteiger partial charge < -0.3 is 15.0 Å². The number of hydrogen-bond acceptors (Lipinski definition) is 3. The largest absolute Gasteiger partial charge is 0.493 e. The van der Waals surface area contributed by atoms with Crippen LogP contribution in [0.2, 0.25) is 5.02 Å². The number of amides is 2. The number of hydrogen-bond donors (Lipinski definition) is 1. The van der Waals surface area contributed by atoms with Crippen molar-refractivity contribution in [1.82, 2.24) is 4.90 Å². The maximum Gasteiger partial charge on any atom is 0.253 e. The summed E-state index contributed by atoms with van der Waals surface area (Å²) in [6.07, 6.45) is 2.36. The average molecular weight is 373 g/mol. The van der Waals surface area contributed by atoms with Crippen LogP contribution in [-0.2, 0) is 4.79 Å². The highest BCUT2D eigenvalue weighted by Gasteiger charge is 2.19. The van der Waals surface area contributed by atoms with E-state index in [2.05, 4.69) is 5.32 Å². The van der Waals surface area contributed by atoms with Gasteiger partial charge in [-0.05, 0) is 55.3 Å². The number of halogens is 1. The lowest BCUT2D eigenvalue weighted by atomic mass is 10.2. The smallest absolute Gasteiger partial charge is 0.253 e. The second kappa shape index (κ2) is 8.72. The van der Waals surface area contributed by atoms with Gasteiger partial charge in [-0.1, -0.05) is 17.7 Å². The highest BCUT2D eigenvalue weighted by molar-refractivity contribution is 6.30. The molecule has 1 heterocycles. The molecule has 5 nitrogen and oxygen atoms in total. The van der Waals surface area contributed by atoms with Crippen LogP contribution in [0, 0.1) is 0 Å². The molecule has 1 saturated heterocycles. The Morgan fingerprint density at radius 3 is 2.50 bits per heavy atom. The fourth-order valence-corrected chi connectivity index (χ4v) is 3.02. The van der Waals surface area contributed by atoms with Crippen molar-refractivity contribution in [3.63, 3.8) is 0 Å². The Morgan fingerprint density at radius 1 is 1.08 bits per heavy atom. The lowest BCUT2D eigenvalue weighted by Gasteiger charge is -2.15. The molecule has 2 aromatic rings. The second-order valence-corrected chi connectivity index (χ2v) is 6.62. The molecule has 26 heavy (non-hydrogen) atoms. The van der Waals surface area contributed by atoms with Crippen molar-refractivity contribution >= 4 is 29.1 Å². The van der Waals surface area contributed by atoms with Crippen molar-refractivity contribution in [2.45, 2.75) is 19.3 Å². The predicted molar refractivity (Wildman–Crippen MR) is 102 cm³/mol. The Bertz CT molecular complexity index is 771. The first-order valence-corrected chi connectivity index (χ1v) is 9.07. The number of nitrogens with zero attached hydrogens (tertiary/aromatic N) is 1. The van der Waals surface area contributed by atoms with E-state index >= 15 is 0 Å². The first kappa shape index (κ1) is 18.3. The van der Waals surface area contributed by atoms with Gasteiger partial charge in [0.2, 0.25) is 5.91 Å². The second-order valence-electron chi connectivity index (χ2n) is 6.18. The van der Waals surface area contributed by atoms with Gasteiger partial charge in [-0.2, -0.15) is 0 Å². The normalized spacial score (nSPS) is 13.5. The van der Waals surface area contributed by atoms with Gasteiger partial charge in [-0.3, -0.25) is 9.59 Å². The van der Waals surface area contributed by atoms with Crippen LogP contribution in [0.5, 0.6) is 5.75 Å². The Labute approximate surface area is 157 Å². The number of benzene rings is 2. The van der Waals surface area contributed by atoms with Crippen molar-refractivity contribution in [2.75, 3.05) is 25.0 Å². The van der Waals surface area contributed by atoms with Crippen LogP contribution in [0.1, 0.15) is 29.6 Å². The third-order valence-electron chi connectivity index (χ3n) is 4.20. The van der Waals surface area contributed by atoms with E-state index in [1.807, 2.05) is 4.90 Å². The SMILES string of the molecule is O=C(CCOc1cccc(Cl)c1)Nc1ccc(C(=O)N2CCCC2)cc1. The molecule has 0 bridgehead atoms. The van der Waals surface area contributed by atoms with Crippen LogP contribution in [0.25, 0.3) is 0 Å². The maximum absolute atomic E-state index is 12.3. The number of anilines is 1. The lowest BCUT2D eigenvalue weighted by Crippen LogP contribution is -2.27. The molecular weight excluding hydrogens is 352 g/mol. The summed E-state index contributed by atoms with van der Waals surface area (Å²) in [6, 6.07) is 14.0. The van der Waals surface area contributed by atoms with E-state index in [4.69, 9.17) is 16.3 Å². The van der Waals surface area contributed by atoms with Crippen LogP contribution in [0.3, 0.4) is 0 Å². The minimum absolute atomic E-state index is 0.0512. The van der Waals surface area contributed by atoms with E-state index in [0.717, 1.165) is 25.9 Å². The summed E-state index contributed by atoms with van der Waals surface area (Å²) in [7, 11) is 0. The van der Waals surface area contributed by atoms with E-state index < -0.39 is 0 Å². The molecular formula is C20H21ClN2O3. The standard InChI is InChI=1S/C20H21ClN2O3/c21-16-4-3-5-18(14-16)26-13-10-19(24)22-17-8-6-15(7-9-17)20(25)23-11-1-2-12-23/h3-9,14H,1-2,10-13H2,(H,22,24). The van der Waals surface area contributed by atoms with Crippen LogP contribution in [0.4, 0.5) is 5.69 Å². The first-order valence-electron chi connectivity index (χ1n) is 8.69. The lowest BCUT2D eigenvalue weighted by molar-refractivity contribution is -0.116. The number of carbonyl (C=O) groups excluding carboxylic acids is 2. The molecule has 2 amide bonds. The highest BCUT2D eigenvalue weighted by Crippen LogP contribution is 2.18. The number of nitrogens with one attached hydrogen (secondary N) is 1. The van der Waals surface area contributed by atoms with Crippen LogP contribution >= 0.6 is 11.6 Å². The number of likely N-dealkylation sites (tertiary alicyclic amines) is 1. The molecule has 1 fully saturated rings. The van der Waals surface area contributed by atoms with Crippen LogP contribution in [-0.4, -0.2) is 36.4 Å². The van der Waals surface area contributed by atoms with Gasteiger partial charge in [0.05, 0.1) is 13.0 Å². The first-order chi connectivity index (χ1) is 12.6. The zero-order chi connectivity index (χ0) is 18.4. The molecule has 0 saturated carbocycles. The van der Waals surface area contributed by atoms with E-state index in [0.29, 0.717) is 22.0 Å². The molecule has 1 aliphatic heterocycles. The van der Waals surface area contributed by atoms with Crippen molar-refractivity contribution < 1.29 is 14.3 Å². The van der Waals surface area contributed by atoms with Gasteiger partial charge in [0, 0.05) is 29.4 Å². The third kappa shape index (κ3) is 4.99. The van der Waals surface area contributed by atoms with Crippen molar-refractivity contribution in [2.24, 2.45) is 0 Å². The fraction of sp³-hybridized carbons (Fsp3) is 0.300. The Morgan fingerprint density at radius 2 is 1.81 bits per heavy atom. The molecule has 0 spiro atoms. The van der Waals surface area contributed by atoms with Crippen molar-refractivity contribution in [3.8, 4) is 5.75 Å². The molecule has 0 unspecified atom stereocenters. The van der Waals surface area contributed by atoms with Crippen molar-refractivity contribution in [3.05, 3.63) is 59.1 Å². The third-order valence-corrected chi connectivity index (χ3v) is 4.44. The Hall–Kier alpha value is -2.53. The van der Waals surface area contributed by atoms with E-state index in [1.165, 1.54) is 0 Å². The summed E-state index contributed by atoms with van der Waals surface area (Å²) in [4.78, 5) is 26.2. The quantitative estimate of drug-likeness (QED) is 0.834. The molecule has 1 aliphatic rings.